The van der Waals surface area contributed by atoms with Gasteiger partial charge in [-0.25, -0.2) is 9.78 Å². The van der Waals surface area contributed by atoms with Crippen molar-refractivity contribution in [2.75, 3.05) is 13.7 Å². The van der Waals surface area contributed by atoms with Crippen molar-refractivity contribution in [2.45, 2.75) is 18.7 Å². The van der Waals surface area contributed by atoms with E-state index in [-0.39, 0.29) is 31.4 Å². The van der Waals surface area contributed by atoms with E-state index in [4.69, 9.17) is 9.15 Å². The van der Waals surface area contributed by atoms with Gasteiger partial charge in [0.2, 0.25) is 0 Å². The molecule has 2 aromatic heterocycles. The number of nitrogens with one attached hydrogen (secondary N) is 2. The molecule has 3 aromatic rings. The number of aliphatic hydroxyl groups is 1. The number of nitrogens with zero attached hydrogens (tertiary/aromatic N) is 2. The second-order valence-corrected chi connectivity index (χ2v) is 7.45. The molecular formula is C21H18N4O6. The molecule has 31 heavy (non-hydrogen) atoms. The number of urea groups is 1. The number of methoxy groups -OCH3 is 1. The van der Waals surface area contributed by atoms with E-state index in [1.54, 1.807) is 30.3 Å². The van der Waals surface area contributed by atoms with E-state index in [2.05, 4.69) is 15.6 Å². The van der Waals surface area contributed by atoms with Crippen LogP contribution in [0.25, 0.3) is 11.1 Å². The van der Waals surface area contributed by atoms with Crippen LogP contribution in [0.1, 0.15) is 27.4 Å². The van der Waals surface area contributed by atoms with Crippen LogP contribution < -0.4 is 15.4 Å². The van der Waals surface area contributed by atoms with Crippen LogP contribution in [0.2, 0.25) is 0 Å². The van der Waals surface area contributed by atoms with Crippen molar-refractivity contribution >= 4 is 28.9 Å². The minimum Gasteiger partial charge on any atom is -0.497 e. The summed E-state index contributed by atoms with van der Waals surface area (Å²) < 4.78 is 11.1. The molecule has 1 unspecified atom stereocenters. The molecule has 1 saturated heterocycles. The summed E-state index contributed by atoms with van der Waals surface area (Å²) in [6, 6.07) is 9.30. The fraction of sp³-hybridized carbons (Fsp3) is 0.238. The number of ether oxygens (including phenoxy) is 1. The summed E-state index contributed by atoms with van der Waals surface area (Å²) in [5.41, 5.74) is 0.923. The van der Waals surface area contributed by atoms with Gasteiger partial charge in [-0.05, 0) is 29.8 Å². The van der Waals surface area contributed by atoms with E-state index in [9.17, 15) is 19.5 Å². The molecule has 10 heteroatoms. The molecule has 1 atom stereocenters. The fourth-order valence-electron chi connectivity index (χ4n) is 4.00. The first-order chi connectivity index (χ1) is 14.9. The maximum absolute atomic E-state index is 13.0. The first kappa shape index (κ1) is 19.1. The number of pyridine rings is 1. The lowest BCUT2D eigenvalue weighted by Crippen LogP contribution is -2.52. The summed E-state index contributed by atoms with van der Waals surface area (Å²) in [5.74, 6) is -0.201. The van der Waals surface area contributed by atoms with Crippen molar-refractivity contribution in [1.82, 2.24) is 20.5 Å². The van der Waals surface area contributed by atoms with E-state index in [0.29, 0.717) is 28.1 Å². The summed E-state index contributed by atoms with van der Waals surface area (Å²) in [7, 11) is 1.52. The summed E-state index contributed by atoms with van der Waals surface area (Å²) in [6.45, 7) is -0.105. The number of imide groups is 1. The largest absolute Gasteiger partial charge is 0.497 e. The number of benzene rings is 1. The topological polar surface area (TPSA) is 134 Å². The first-order valence-electron chi connectivity index (χ1n) is 9.54. The molecule has 1 aromatic carbocycles. The second kappa shape index (κ2) is 6.81. The van der Waals surface area contributed by atoms with E-state index in [1.807, 2.05) is 0 Å². The highest BCUT2D eigenvalue weighted by molar-refractivity contribution is 6.08. The number of aliphatic hydroxyl groups excluding tert-OH is 1. The van der Waals surface area contributed by atoms with Crippen molar-refractivity contribution in [1.29, 1.82) is 0 Å². The average Bonchev–Trinajstić information content (AvgIpc) is 3.41. The molecule has 10 nitrogen and oxygen atoms in total. The molecule has 0 spiro atoms. The maximum atomic E-state index is 13.0. The molecule has 2 aliphatic heterocycles. The van der Waals surface area contributed by atoms with Crippen LogP contribution in [0.15, 0.2) is 40.8 Å². The maximum Gasteiger partial charge on any atom is 0.322 e. The van der Waals surface area contributed by atoms with Gasteiger partial charge < -0.3 is 24.5 Å². The minimum absolute atomic E-state index is 0.132. The van der Waals surface area contributed by atoms with Crippen LogP contribution in [0.4, 0.5) is 4.79 Å². The molecule has 0 bridgehead atoms. The highest BCUT2D eigenvalue weighted by Gasteiger charge is 2.53. The number of carbonyl (C=O) groups is 3. The number of hydrogen-bond donors (Lipinski definition) is 3. The zero-order valence-corrected chi connectivity index (χ0v) is 16.5. The smallest absolute Gasteiger partial charge is 0.322 e. The number of amides is 4. The van der Waals surface area contributed by atoms with Gasteiger partial charge in [0.25, 0.3) is 11.8 Å². The normalized spacial score (nSPS) is 20.2. The molecule has 4 amide bonds. The quantitative estimate of drug-likeness (QED) is 0.523. The summed E-state index contributed by atoms with van der Waals surface area (Å²) in [4.78, 5) is 43.7. The van der Waals surface area contributed by atoms with Crippen LogP contribution in [-0.2, 0) is 23.5 Å². The van der Waals surface area contributed by atoms with E-state index in [0.717, 1.165) is 5.56 Å². The van der Waals surface area contributed by atoms with Crippen molar-refractivity contribution in [3.63, 3.8) is 0 Å². The highest BCUT2D eigenvalue weighted by Crippen LogP contribution is 2.34. The lowest BCUT2D eigenvalue weighted by atomic mass is 9.95. The SMILES string of the molecule is COc1ccc2c(c1)C(=O)N(CC1(c3cc4nc(CO)ccc4o3)NC(=O)NC1=O)C2. The number of furan rings is 1. The standard InChI is InChI=1S/C21H18N4O6/c1-30-13-4-2-11-8-25(18(27)14(11)6-13)10-21(19(28)23-20(29)24-21)17-7-15-16(31-17)5-3-12(9-26)22-15/h2-7,26H,8-10H2,1H3,(H2,23,24,28,29). The number of rotatable bonds is 5. The Balaban J connectivity index is 1.54. The van der Waals surface area contributed by atoms with Gasteiger partial charge in [-0.2, -0.15) is 0 Å². The van der Waals surface area contributed by atoms with Gasteiger partial charge in [-0.15, -0.1) is 0 Å². The number of fused-ring (bicyclic) bond motifs is 2. The minimum atomic E-state index is -1.61. The average molecular weight is 422 g/mol. The molecule has 2 aliphatic rings. The fourth-order valence-corrected chi connectivity index (χ4v) is 4.00. The van der Waals surface area contributed by atoms with Gasteiger partial charge in [0, 0.05) is 18.2 Å². The number of hydrogen-bond acceptors (Lipinski definition) is 7. The summed E-state index contributed by atoms with van der Waals surface area (Å²) in [5, 5.41) is 14.2. The molecule has 0 radical (unpaired) electrons. The molecule has 0 saturated carbocycles. The van der Waals surface area contributed by atoms with Gasteiger partial charge in [0.05, 0.1) is 26.0 Å². The molecule has 5 rings (SSSR count). The van der Waals surface area contributed by atoms with Gasteiger partial charge in [-0.1, -0.05) is 6.07 Å². The summed E-state index contributed by atoms with van der Waals surface area (Å²) >= 11 is 0. The van der Waals surface area contributed by atoms with Gasteiger partial charge in [0.1, 0.15) is 17.0 Å². The van der Waals surface area contributed by atoms with E-state index < -0.39 is 17.5 Å². The Morgan fingerprint density at radius 1 is 1.23 bits per heavy atom. The number of aromatic nitrogens is 1. The van der Waals surface area contributed by atoms with Crippen molar-refractivity contribution in [2.24, 2.45) is 0 Å². The second-order valence-electron chi connectivity index (χ2n) is 7.45. The lowest BCUT2D eigenvalue weighted by Gasteiger charge is -2.28. The Hall–Kier alpha value is -3.92. The van der Waals surface area contributed by atoms with Crippen molar-refractivity contribution in [3.8, 4) is 5.75 Å². The Morgan fingerprint density at radius 2 is 2.06 bits per heavy atom. The third kappa shape index (κ3) is 2.91. The summed E-state index contributed by atoms with van der Waals surface area (Å²) in [6.07, 6.45) is 0. The Morgan fingerprint density at radius 3 is 2.77 bits per heavy atom. The third-order valence-corrected chi connectivity index (χ3v) is 5.58. The predicted molar refractivity (Wildman–Crippen MR) is 106 cm³/mol. The van der Waals surface area contributed by atoms with Crippen LogP contribution in [0.5, 0.6) is 5.75 Å². The van der Waals surface area contributed by atoms with E-state index >= 15 is 0 Å². The monoisotopic (exact) mass is 422 g/mol. The Labute approximate surface area is 175 Å². The highest BCUT2D eigenvalue weighted by atomic mass is 16.5. The molecule has 4 heterocycles. The van der Waals surface area contributed by atoms with Crippen LogP contribution in [0, 0.1) is 0 Å². The number of carbonyl (C=O) groups excluding carboxylic acids is 3. The molecule has 0 aliphatic carbocycles. The van der Waals surface area contributed by atoms with Gasteiger partial charge in [0.15, 0.2) is 11.1 Å². The van der Waals surface area contributed by atoms with Crippen molar-refractivity contribution in [3.05, 3.63) is 59.0 Å². The van der Waals surface area contributed by atoms with Crippen LogP contribution >= 0.6 is 0 Å². The molecule has 3 N–H and O–H groups in total. The lowest BCUT2D eigenvalue weighted by molar-refractivity contribution is -0.125. The molecule has 158 valence electrons. The first-order valence-corrected chi connectivity index (χ1v) is 9.54. The van der Waals surface area contributed by atoms with Gasteiger partial charge >= 0.3 is 6.03 Å². The van der Waals surface area contributed by atoms with E-state index in [1.165, 1.54) is 18.1 Å². The van der Waals surface area contributed by atoms with Crippen LogP contribution in [0.3, 0.4) is 0 Å². The predicted octanol–water partition coefficient (Wildman–Crippen LogP) is 1.02. The van der Waals surface area contributed by atoms with Crippen molar-refractivity contribution < 1.29 is 28.6 Å². The zero-order valence-electron chi connectivity index (χ0n) is 16.5. The zero-order chi connectivity index (χ0) is 21.8. The Bertz CT molecular complexity index is 1250. The van der Waals surface area contributed by atoms with Crippen LogP contribution in [-0.4, -0.2) is 46.5 Å². The van der Waals surface area contributed by atoms with Gasteiger partial charge in [-0.3, -0.25) is 14.9 Å². The molecular weight excluding hydrogens is 404 g/mol. The molecule has 1 fully saturated rings. The Kier molecular flexibility index (Phi) is 4.19. The third-order valence-electron chi connectivity index (χ3n) is 5.58.